The molecule has 6 rings (SSSR count). The first-order valence-electron chi connectivity index (χ1n) is 13.6. The first kappa shape index (κ1) is 24.4. The van der Waals surface area contributed by atoms with Gasteiger partial charge in [0.1, 0.15) is 5.82 Å². The second-order valence-electron chi connectivity index (χ2n) is 11.4. The molecule has 0 spiro atoms. The number of piperazine rings is 1. The highest BCUT2D eigenvalue weighted by molar-refractivity contribution is 5.97. The number of amides is 1. The van der Waals surface area contributed by atoms with Gasteiger partial charge in [0.25, 0.3) is 0 Å². The molecular formula is C29H38N6O2. The summed E-state index contributed by atoms with van der Waals surface area (Å²) in [5, 5.41) is 9.62. The number of nitrogens with one attached hydrogen (secondary N) is 1. The second-order valence-corrected chi connectivity index (χ2v) is 11.4. The number of fused-ring (bicyclic) bond motifs is 1. The second kappa shape index (κ2) is 9.40. The maximum absolute atomic E-state index is 13.2. The van der Waals surface area contributed by atoms with Gasteiger partial charge in [0.05, 0.1) is 12.8 Å². The molecule has 1 saturated carbocycles. The van der Waals surface area contributed by atoms with E-state index in [-0.39, 0.29) is 23.3 Å². The molecule has 3 fully saturated rings. The Morgan fingerprint density at radius 1 is 1.16 bits per heavy atom. The molecule has 4 heterocycles. The van der Waals surface area contributed by atoms with Gasteiger partial charge in [-0.3, -0.25) is 14.4 Å². The molecule has 37 heavy (non-hydrogen) atoms. The van der Waals surface area contributed by atoms with Gasteiger partial charge < -0.3 is 15.0 Å². The number of ether oxygens (including phenoxy) is 1. The Bertz CT molecular complexity index is 1300. The fourth-order valence-corrected chi connectivity index (χ4v) is 6.61. The summed E-state index contributed by atoms with van der Waals surface area (Å²) in [6.07, 6.45) is 7.89. The van der Waals surface area contributed by atoms with E-state index in [4.69, 9.17) is 4.74 Å². The number of hydrogen-bond donors (Lipinski definition) is 1. The molecule has 1 aliphatic carbocycles. The third-order valence-corrected chi connectivity index (χ3v) is 8.92. The lowest BCUT2D eigenvalue weighted by Crippen LogP contribution is -2.56. The fraction of sp³-hybridized carbons (Fsp3) is 0.552. The molecule has 3 aliphatic rings. The summed E-state index contributed by atoms with van der Waals surface area (Å²) in [7, 11) is 1.92. The summed E-state index contributed by atoms with van der Waals surface area (Å²) in [6.45, 7) is 12.5. The lowest BCUT2D eigenvalue weighted by Gasteiger charge is -2.44. The maximum atomic E-state index is 13.2. The molecule has 2 aliphatic heterocycles. The number of pyridine rings is 1. The van der Waals surface area contributed by atoms with E-state index in [9.17, 15) is 4.79 Å². The minimum atomic E-state index is -0.0244. The van der Waals surface area contributed by atoms with Gasteiger partial charge in [-0.05, 0) is 60.9 Å². The van der Waals surface area contributed by atoms with Crippen molar-refractivity contribution in [2.45, 2.75) is 45.1 Å². The highest BCUT2D eigenvalue weighted by Crippen LogP contribution is 2.56. The van der Waals surface area contributed by atoms with Gasteiger partial charge in [0.15, 0.2) is 0 Å². The quantitative estimate of drug-likeness (QED) is 0.550. The van der Waals surface area contributed by atoms with Crippen LogP contribution in [-0.4, -0.2) is 70.5 Å². The molecule has 2 saturated heterocycles. The Hall–Kier alpha value is -2.97. The molecule has 8 nitrogen and oxygen atoms in total. The van der Waals surface area contributed by atoms with Gasteiger partial charge in [0.2, 0.25) is 5.91 Å². The van der Waals surface area contributed by atoms with E-state index in [2.05, 4.69) is 58.1 Å². The number of hydrogen-bond acceptors (Lipinski definition) is 6. The van der Waals surface area contributed by atoms with Crippen LogP contribution in [0.1, 0.15) is 43.7 Å². The molecule has 1 N–H and O–H groups in total. The van der Waals surface area contributed by atoms with Crippen molar-refractivity contribution >= 4 is 28.2 Å². The van der Waals surface area contributed by atoms with Crippen LogP contribution >= 0.6 is 0 Å². The standard InChI is InChI=1S/C29H38N6O2/c1-5-23-26(22-16-31-33(4)17-22)27(23)28(36)32-25-14-20-13-24(19(2)12-21(20)15-30-25)34-7-9-35(10-8-34)29(3)6-11-37-18-29/h12-17,23,26-27H,5-11,18H2,1-4H3,(H,30,32,36)/t23-,26+,27+,29-/m1/s1. The molecule has 0 bridgehead atoms. The summed E-state index contributed by atoms with van der Waals surface area (Å²) in [5.41, 5.74) is 3.86. The molecule has 3 aromatic rings. The van der Waals surface area contributed by atoms with Crippen LogP contribution in [0.25, 0.3) is 10.8 Å². The third kappa shape index (κ3) is 4.50. The van der Waals surface area contributed by atoms with Gasteiger partial charge in [0, 0.05) is 80.7 Å². The summed E-state index contributed by atoms with van der Waals surface area (Å²) in [5.74, 6) is 1.25. The molecule has 4 atom stereocenters. The number of carbonyl (C=O) groups is 1. The average molecular weight is 503 g/mol. The number of nitrogens with zero attached hydrogens (tertiary/aromatic N) is 5. The fourth-order valence-electron chi connectivity index (χ4n) is 6.61. The van der Waals surface area contributed by atoms with Crippen molar-refractivity contribution in [3.63, 3.8) is 0 Å². The molecule has 0 unspecified atom stereocenters. The van der Waals surface area contributed by atoms with Crippen LogP contribution in [0, 0.1) is 18.8 Å². The van der Waals surface area contributed by atoms with Crippen molar-refractivity contribution in [2.75, 3.05) is 49.6 Å². The number of rotatable bonds is 6. The Morgan fingerprint density at radius 2 is 1.97 bits per heavy atom. The van der Waals surface area contributed by atoms with Gasteiger partial charge in [-0.2, -0.15) is 5.10 Å². The first-order valence-corrected chi connectivity index (χ1v) is 13.6. The van der Waals surface area contributed by atoms with Crippen LogP contribution in [0.5, 0.6) is 0 Å². The monoisotopic (exact) mass is 502 g/mol. The largest absolute Gasteiger partial charge is 0.379 e. The Morgan fingerprint density at radius 3 is 2.65 bits per heavy atom. The van der Waals surface area contributed by atoms with Gasteiger partial charge in [-0.15, -0.1) is 0 Å². The van der Waals surface area contributed by atoms with E-state index in [1.54, 1.807) is 0 Å². The molecule has 8 heteroatoms. The SMILES string of the molecule is CC[C@H]1[C@H](C(=O)Nc2cc3cc(N4CCN([C@]5(C)CCOC5)CC4)c(C)cc3cn2)[C@H]1c1cnn(C)c1. The third-order valence-electron chi connectivity index (χ3n) is 8.92. The minimum Gasteiger partial charge on any atom is -0.379 e. The van der Waals surface area contributed by atoms with Crippen LogP contribution in [-0.2, 0) is 16.6 Å². The van der Waals surface area contributed by atoms with E-state index in [0.717, 1.165) is 68.6 Å². The number of benzene rings is 1. The molecule has 196 valence electrons. The Labute approximate surface area is 219 Å². The van der Waals surface area contributed by atoms with Crippen molar-refractivity contribution in [1.82, 2.24) is 19.7 Å². The zero-order chi connectivity index (χ0) is 25.7. The predicted octanol–water partition coefficient (Wildman–Crippen LogP) is 3.96. The molecule has 1 aromatic carbocycles. The summed E-state index contributed by atoms with van der Waals surface area (Å²) in [4.78, 5) is 22.9. The first-order chi connectivity index (χ1) is 17.9. The molecule has 1 amide bonds. The topological polar surface area (TPSA) is 75.5 Å². The van der Waals surface area contributed by atoms with Crippen LogP contribution in [0.3, 0.4) is 0 Å². The lowest BCUT2D eigenvalue weighted by molar-refractivity contribution is -0.117. The predicted molar refractivity (Wildman–Crippen MR) is 146 cm³/mol. The van der Waals surface area contributed by atoms with Gasteiger partial charge in [-0.25, -0.2) is 4.98 Å². The van der Waals surface area contributed by atoms with E-state index < -0.39 is 0 Å². The summed E-state index contributed by atoms with van der Waals surface area (Å²) < 4.78 is 7.50. The average Bonchev–Trinajstić information content (AvgIpc) is 3.18. The van der Waals surface area contributed by atoms with Gasteiger partial charge >= 0.3 is 0 Å². The number of carbonyl (C=O) groups excluding carboxylic acids is 1. The normalized spacial score (nSPS) is 28.1. The molecular weight excluding hydrogens is 464 g/mol. The van der Waals surface area contributed by atoms with Crippen molar-refractivity contribution in [1.29, 1.82) is 0 Å². The zero-order valence-corrected chi connectivity index (χ0v) is 22.4. The van der Waals surface area contributed by atoms with Crippen molar-refractivity contribution < 1.29 is 9.53 Å². The van der Waals surface area contributed by atoms with Crippen molar-refractivity contribution in [3.8, 4) is 0 Å². The van der Waals surface area contributed by atoms with Crippen LogP contribution in [0.4, 0.5) is 11.5 Å². The lowest BCUT2D eigenvalue weighted by atomic mass is 9.97. The van der Waals surface area contributed by atoms with E-state index in [1.165, 1.54) is 11.3 Å². The molecule has 0 radical (unpaired) electrons. The summed E-state index contributed by atoms with van der Waals surface area (Å²) >= 11 is 0. The highest BCUT2D eigenvalue weighted by atomic mass is 16.5. The summed E-state index contributed by atoms with van der Waals surface area (Å²) in [6, 6.07) is 6.50. The Balaban J connectivity index is 1.16. The highest BCUT2D eigenvalue weighted by Gasteiger charge is 2.54. The van der Waals surface area contributed by atoms with Crippen LogP contribution in [0.15, 0.2) is 36.8 Å². The van der Waals surface area contributed by atoms with E-state index in [1.807, 2.05) is 36.4 Å². The van der Waals surface area contributed by atoms with E-state index in [0.29, 0.717) is 11.7 Å². The van der Waals surface area contributed by atoms with Crippen molar-refractivity contribution in [2.24, 2.45) is 18.9 Å². The number of anilines is 2. The van der Waals surface area contributed by atoms with Gasteiger partial charge in [-0.1, -0.05) is 13.3 Å². The maximum Gasteiger partial charge on any atom is 0.229 e. The zero-order valence-electron chi connectivity index (χ0n) is 22.4. The van der Waals surface area contributed by atoms with Crippen molar-refractivity contribution in [3.05, 3.63) is 47.9 Å². The smallest absolute Gasteiger partial charge is 0.229 e. The number of aromatic nitrogens is 3. The van der Waals surface area contributed by atoms with Crippen LogP contribution < -0.4 is 10.2 Å². The minimum absolute atomic E-state index is 0.0244. The van der Waals surface area contributed by atoms with Crippen LogP contribution in [0.2, 0.25) is 0 Å². The van der Waals surface area contributed by atoms with E-state index >= 15 is 0 Å². The molecule has 2 aromatic heterocycles. The number of aryl methyl sites for hydroxylation is 2. The Kier molecular flexibility index (Phi) is 6.19.